The molecule has 7 heteroatoms. The molecular weight excluding hydrogens is 484 g/mol. The molecule has 1 saturated carbocycles. The van der Waals surface area contributed by atoms with Crippen molar-refractivity contribution in [2.45, 2.75) is 96.9 Å². The lowest BCUT2D eigenvalue weighted by Crippen LogP contribution is -2.54. The zero-order valence-electron chi connectivity index (χ0n) is 23.6. The molecule has 0 amide bonds. The number of hydrogen-bond donors (Lipinski definition) is 0. The van der Waals surface area contributed by atoms with Crippen LogP contribution < -0.4 is 4.74 Å². The van der Waals surface area contributed by atoms with Gasteiger partial charge in [-0.1, -0.05) is 71.9 Å². The van der Waals surface area contributed by atoms with Gasteiger partial charge in [-0.05, 0) is 61.0 Å². The van der Waals surface area contributed by atoms with Gasteiger partial charge in [-0.15, -0.1) is 0 Å². The first-order valence-electron chi connectivity index (χ1n) is 13.5. The summed E-state index contributed by atoms with van der Waals surface area (Å²) >= 11 is 0. The first-order valence-corrected chi connectivity index (χ1v) is 15.6. The molecule has 0 aromatic heterocycles. The molecule has 2 aliphatic carbocycles. The van der Waals surface area contributed by atoms with Crippen LogP contribution >= 0.6 is 0 Å². The third-order valence-corrected chi connectivity index (χ3v) is 15.6. The van der Waals surface area contributed by atoms with Crippen LogP contribution in [0.2, 0.25) is 16.6 Å². The number of para-hydroxylation sites is 1. The fraction of sp³-hybridized carbons (Fsp3) is 0.600. The van der Waals surface area contributed by atoms with E-state index >= 15 is 0 Å². The van der Waals surface area contributed by atoms with Crippen molar-refractivity contribution >= 4 is 20.4 Å². The summed E-state index contributed by atoms with van der Waals surface area (Å²) in [5.41, 5.74) is 0.600. The molecule has 1 saturated heterocycles. The van der Waals surface area contributed by atoms with Crippen molar-refractivity contribution in [3.8, 4) is 5.75 Å². The van der Waals surface area contributed by atoms with Gasteiger partial charge in [-0.3, -0.25) is 4.79 Å². The van der Waals surface area contributed by atoms with E-state index in [4.69, 9.17) is 18.6 Å². The average molecular weight is 527 g/mol. The number of benzene rings is 1. The van der Waals surface area contributed by atoms with Crippen molar-refractivity contribution in [3.05, 3.63) is 53.8 Å². The van der Waals surface area contributed by atoms with Crippen LogP contribution in [0, 0.1) is 10.8 Å². The van der Waals surface area contributed by atoms with Crippen LogP contribution in [0.1, 0.15) is 74.7 Å². The van der Waals surface area contributed by atoms with Gasteiger partial charge in [0.2, 0.25) is 0 Å². The Balaban J connectivity index is 1.78. The third-order valence-electron chi connectivity index (χ3n) is 9.63. The standard InChI is InChI=1S/C30H42O6Si/c1-19(2)37(20(3)4,21(5)6)36-26-23(8)28(9,18-33-27(32)34-24-13-11-10-12-14-24)30-16-15-22(7)29(26,30)17-25(31)35-30/h10-14,19-21H,7,15-18H2,1-6,8-9H3/t28-,29+,30+/m1/s1. The van der Waals surface area contributed by atoms with Gasteiger partial charge in [0.15, 0.2) is 0 Å². The van der Waals surface area contributed by atoms with Gasteiger partial charge in [0.1, 0.15) is 18.0 Å². The lowest BCUT2D eigenvalue weighted by Gasteiger charge is -2.47. The van der Waals surface area contributed by atoms with E-state index in [1.807, 2.05) is 13.0 Å². The van der Waals surface area contributed by atoms with Crippen LogP contribution in [0.4, 0.5) is 4.79 Å². The largest absolute Gasteiger partial charge is 0.545 e. The Labute approximate surface area is 222 Å². The van der Waals surface area contributed by atoms with Gasteiger partial charge in [0, 0.05) is 0 Å². The van der Waals surface area contributed by atoms with Gasteiger partial charge < -0.3 is 18.6 Å². The normalized spacial score (nSPS) is 29.2. The minimum absolute atomic E-state index is 0.0132. The van der Waals surface area contributed by atoms with E-state index in [-0.39, 0.29) is 19.0 Å². The van der Waals surface area contributed by atoms with Crippen molar-refractivity contribution in [2.75, 3.05) is 6.61 Å². The molecule has 3 aliphatic rings. The zero-order chi connectivity index (χ0) is 27.4. The Hall–Kier alpha value is -2.54. The number of esters is 1. The Kier molecular flexibility index (Phi) is 6.93. The van der Waals surface area contributed by atoms with E-state index in [9.17, 15) is 9.59 Å². The minimum atomic E-state index is -2.37. The fourth-order valence-electron chi connectivity index (χ4n) is 7.79. The van der Waals surface area contributed by atoms with E-state index < -0.39 is 30.9 Å². The molecule has 0 bridgehead atoms. The molecule has 4 rings (SSSR count). The predicted molar refractivity (Wildman–Crippen MR) is 146 cm³/mol. The van der Waals surface area contributed by atoms with Crippen LogP contribution in [-0.2, 0) is 18.7 Å². The van der Waals surface area contributed by atoms with Gasteiger partial charge in [-0.2, -0.15) is 0 Å². The number of carbonyl (C=O) groups excluding carboxylic acids is 2. The molecule has 0 unspecified atom stereocenters. The first kappa shape index (κ1) is 27.5. The molecule has 1 aromatic carbocycles. The summed E-state index contributed by atoms with van der Waals surface area (Å²) in [4.78, 5) is 25.7. The fourth-order valence-corrected chi connectivity index (χ4v) is 13.2. The number of rotatable bonds is 8. The van der Waals surface area contributed by atoms with Gasteiger partial charge >= 0.3 is 12.1 Å². The van der Waals surface area contributed by atoms with E-state index in [0.29, 0.717) is 28.8 Å². The lowest BCUT2D eigenvalue weighted by atomic mass is 9.64. The molecule has 1 heterocycles. The Morgan fingerprint density at radius 2 is 1.68 bits per heavy atom. The van der Waals surface area contributed by atoms with E-state index in [0.717, 1.165) is 23.3 Å². The molecule has 2 fully saturated rings. The van der Waals surface area contributed by atoms with Crippen molar-refractivity contribution in [1.82, 2.24) is 0 Å². The monoisotopic (exact) mass is 526 g/mol. The van der Waals surface area contributed by atoms with Crippen LogP contribution in [0.5, 0.6) is 5.75 Å². The van der Waals surface area contributed by atoms with E-state index in [1.165, 1.54) is 0 Å². The second-order valence-electron chi connectivity index (χ2n) is 12.1. The SMILES string of the molecule is C=C1CC[C@@]23OC(=O)C[C@@]12C(O[Si](C(C)C)(C(C)C)C(C)C)=C(C)[C@@]3(C)COC(=O)Oc1ccccc1. The molecule has 37 heavy (non-hydrogen) atoms. The van der Waals surface area contributed by atoms with Crippen LogP contribution in [-0.4, -0.2) is 32.6 Å². The third kappa shape index (κ3) is 3.71. The summed E-state index contributed by atoms with van der Waals surface area (Å²) in [6, 6.07) is 8.84. The highest BCUT2D eigenvalue weighted by Crippen LogP contribution is 2.75. The van der Waals surface area contributed by atoms with Crippen LogP contribution in [0.15, 0.2) is 53.8 Å². The summed E-state index contributed by atoms with van der Waals surface area (Å²) in [6.45, 7) is 22.1. The van der Waals surface area contributed by atoms with Gasteiger partial charge in [0.05, 0.1) is 23.0 Å². The number of hydrogen-bond acceptors (Lipinski definition) is 6. The van der Waals surface area contributed by atoms with Crippen molar-refractivity contribution < 1.29 is 28.2 Å². The smallest absolute Gasteiger partial charge is 0.513 e. The topological polar surface area (TPSA) is 71.1 Å². The molecule has 0 N–H and O–H groups in total. The molecule has 3 atom stereocenters. The lowest BCUT2D eigenvalue weighted by molar-refractivity contribution is -0.163. The van der Waals surface area contributed by atoms with Crippen LogP contribution in [0.3, 0.4) is 0 Å². The second-order valence-corrected chi connectivity index (χ2v) is 17.5. The summed E-state index contributed by atoms with van der Waals surface area (Å²) in [6.07, 6.45) is 0.779. The van der Waals surface area contributed by atoms with Gasteiger partial charge in [0.25, 0.3) is 8.32 Å². The Bertz CT molecular complexity index is 1100. The molecule has 202 valence electrons. The van der Waals surface area contributed by atoms with Crippen molar-refractivity contribution in [2.24, 2.45) is 10.8 Å². The minimum Gasteiger partial charge on any atom is -0.545 e. The number of ether oxygens (including phenoxy) is 3. The molecule has 1 aliphatic heterocycles. The van der Waals surface area contributed by atoms with E-state index in [1.54, 1.807) is 24.3 Å². The maximum absolute atomic E-state index is 13.0. The highest BCUT2D eigenvalue weighted by atomic mass is 28.4. The molecular formula is C30H42O6Si. The highest BCUT2D eigenvalue weighted by Gasteiger charge is 2.79. The molecule has 0 spiro atoms. The predicted octanol–water partition coefficient (Wildman–Crippen LogP) is 7.71. The van der Waals surface area contributed by atoms with Gasteiger partial charge in [-0.25, -0.2) is 4.79 Å². The summed E-state index contributed by atoms with van der Waals surface area (Å²) in [5.74, 6) is 1.00. The molecule has 6 nitrogen and oxygen atoms in total. The number of carbonyl (C=O) groups is 2. The average Bonchev–Trinajstić information content (AvgIpc) is 3.33. The highest BCUT2D eigenvalue weighted by molar-refractivity contribution is 6.77. The van der Waals surface area contributed by atoms with Crippen LogP contribution in [0.25, 0.3) is 0 Å². The first-order chi connectivity index (χ1) is 17.3. The molecule has 1 aromatic rings. The summed E-state index contributed by atoms with van der Waals surface area (Å²) < 4.78 is 24.8. The maximum atomic E-state index is 13.0. The second kappa shape index (κ2) is 9.33. The zero-order valence-corrected chi connectivity index (χ0v) is 24.6. The van der Waals surface area contributed by atoms with E-state index in [2.05, 4.69) is 55.0 Å². The molecule has 0 radical (unpaired) electrons. The maximum Gasteiger partial charge on any atom is 0.513 e. The van der Waals surface area contributed by atoms with Crippen molar-refractivity contribution in [3.63, 3.8) is 0 Å². The Morgan fingerprint density at radius 1 is 1.08 bits per heavy atom. The summed E-state index contributed by atoms with van der Waals surface area (Å²) in [7, 11) is -2.37. The Morgan fingerprint density at radius 3 is 2.24 bits per heavy atom. The quantitative estimate of drug-likeness (QED) is 0.149. The van der Waals surface area contributed by atoms with Crippen molar-refractivity contribution in [1.29, 1.82) is 0 Å². The summed E-state index contributed by atoms with van der Waals surface area (Å²) in [5, 5.41) is 0.